The van der Waals surface area contributed by atoms with Crippen LogP contribution in [0.2, 0.25) is 0 Å². The molecule has 2 aromatic carbocycles. The molecule has 0 aliphatic heterocycles. The number of esters is 1. The molecule has 0 unspecified atom stereocenters. The average molecular weight is 342 g/mol. The third-order valence-electron chi connectivity index (χ3n) is 3.61. The van der Waals surface area contributed by atoms with Gasteiger partial charge in [-0.1, -0.05) is 24.3 Å². The van der Waals surface area contributed by atoms with E-state index in [-0.39, 0.29) is 5.91 Å². The zero-order valence-electron chi connectivity index (χ0n) is 14.4. The van der Waals surface area contributed by atoms with Gasteiger partial charge in [-0.2, -0.15) is 0 Å². The van der Waals surface area contributed by atoms with Crippen LogP contribution in [0.15, 0.2) is 48.5 Å². The number of carbonyl (C=O) groups excluding carboxylic acids is 2. The largest absolute Gasteiger partial charge is 0.496 e. The van der Waals surface area contributed by atoms with Crippen LogP contribution < -0.4 is 15.4 Å². The van der Waals surface area contributed by atoms with Gasteiger partial charge in [0.25, 0.3) is 0 Å². The van der Waals surface area contributed by atoms with Crippen molar-refractivity contribution in [3.8, 4) is 5.75 Å². The molecule has 0 aliphatic carbocycles. The lowest BCUT2D eigenvalue weighted by Gasteiger charge is -2.10. The Labute approximate surface area is 147 Å². The number of nitrogens with one attached hydrogen (secondary N) is 2. The summed E-state index contributed by atoms with van der Waals surface area (Å²) in [6, 6.07) is 14.9. The van der Waals surface area contributed by atoms with Crippen molar-refractivity contribution in [2.45, 2.75) is 13.0 Å². The number of para-hydroxylation sites is 1. The van der Waals surface area contributed by atoms with Crippen molar-refractivity contribution in [3.05, 3.63) is 59.7 Å². The number of anilines is 1. The Morgan fingerprint density at radius 3 is 2.48 bits per heavy atom. The lowest BCUT2D eigenvalue weighted by atomic mass is 10.1. The van der Waals surface area contributed by atoms with Gasteiger partial charge in [0.15, 0.2) is 0 Å². The standard InChI is InChI=1S/C19H22N2O4/c1-24-17-9-8-14(12-16(17)19(23)25-2)13-21-18(22)10-11-20-15-6-4-3-5-7-15/h3-9,12,20H,10-11,13H2,1-2H3,(H,21,22). The Balaban J connectivity index is 1.84. The highest BCUT2D eigenvalue weighted by Crippen LogP contribution is 2.20. The number of methoxy groups -OCH3 is 2. The summed E-state index contributed by atoms with van der Waals surface area (Å²) >= 11 is 0. The number of benzene rings is 2. The molecular formula is C19H22N2O4. The van der Waals surface area contributed by atoms with Crippen molar-refractivity contribution in [1.82, 2.24) is 5.32 Å². The maximum Gasteiger partial charge on any atom is 0.341 e. The summed E-state index contributed by atoms with van der Waals surface area (Å²) in [6.45, 7) is 0.879. The maximum atomic E-state index is 11.9. The first-order chi connectivity index (χ1) is 12.1. The highest BCUT2D eigenvalue weighted by Gasteiger charge is 2.13. The summed E-state index contributed by atoms with van der Waals surface area (Å²) in [4.78, 5) is 23.7. The molecule has 0 atom stereocenters. The van der Waals surface area contributed by atoms with Crippen LogP contribution >= 0.6 is 0 Å². The molecule has 6 heteroatoms. The van der Waals surface area contributed by atoms with E-state index in [2.05, 4.69) is 10.6 Å². The predicted molar refractivity (Wildman–Crippen MR) is 95.7 cm³/mol. The third-order valence-corrected chi connectivity index (χ3v) is 3.61. The highest BCUT2D eigenvalue weighted by molar-refractivity contribution is 5.92. The summed E-state index contributed by atoms with van der Waals surface area (Å²) < 4.78 is 9.89. The molecule has 25 heavy (non-hydrogen) atoms. The molecular weight excluding hydrogens is 320 g/mol. The van der Waals surface area contributed by atoms with Gasteiger partial charge >= 0.3 is 5.97 Å². The Hall–Kier alpha value is -3.02. The quantitative estimate of drug-likeness (QED) is 0.721. The molecule has 0 saturated heterocycles. The van der Waals surface area contributed by atoms with Crippen LogP contribution in [0.3, 0.4) is 0 Å². The molecule has 0 saturated carbocycles. The second-order valence-corrected chi connectivity index (χ2v) is 5.35. The Kier molecular flexibility index (Phi) is 6.83. The van der Waals surface area contributed by atoms with Crippen molar-refractivity contribution in [3.63, 3.8) is 0 Å². The van der Waals surface area contributed by atoms with Crippen LogP contribution in [0.5, 0.6) is 5.75 Å². The van der Waals surface area contributed by atoms with Crippen LogP contribution in [0, 0.1) is 0 Å². The van der Waals surface area contributed by atoms with Crippen LogP contribution in [-0.2, 0) is 16.1 Å². The Morgan fingerprint density at radius 1 is 1.04 bits per heavy atom. The van der Waals surface area contributed by atoms with Gasteiger partial charge < -0.3 is 20.1 Å². The Bertz CT molecular complexity index is 717. The molecule has 132 valence electrons. The monoisotopic (exact) mass is 342 g/mol. The van der Waals surface area contributed by atoms with Gasteiger partial charge in [-0.25, -0.2) is 4.79 Å². The summed E-state index contributed by atoms with van der Waals surface area (Å²) in [5, 5.41) is 6.02. The summed E-state index contributed by atoms with van der Waals surface area (Å²) in [7, 11) is 2.80. The second-order valence-electron chi connectivity index (χ2n) is 5.35. The summed E-state index contributed by atoms with van der Waals surface area (Å²) in [6.07, 6.45) is 0.356. The molecule has 1 amide bonds. The van der Waals surface area contributed by atoms with Crippen LogP contribution in [0.1, 0.15) is 22.3 Å². The third kappa shape index (κ3) is 5.53. The minimum absolute atomic E-state index is 0.0705. The van der Waals surface area contributed by atoms with Gasteiger partial charge in [0, 0.05) is 25.2 Å². The topological polar surface area (TPSA) is 76.7 Å². The van der Waals surface area contributed by atoms with Crippen molar-refractivity contribution in [2.24, 2.45) is 0 Å². The van der Waals surface area contributed by atoms with Crippen molar-refractivity contribution >= 4 is 17.6 Å². The van der Waals surface area contributed by atoms with E-state index in [1.54, 1.807) is 18.2 Å². The van der Waals surface area contributed by atoms with Gasteiger partial charge in [0.2, 0.25) is 5.91 Å². The molecule has 0 aliphatic rings. The molecule has 0 heterocycles. The fourth-order valence-corrected chi connectivity index (χ4v) is 2.30. The maximum absolute atomic E-state index is 11.9. The fourth-order valence-electron chi connectivity index (χ4n) is 2.30. The summed E-state index contributed by atoms with van der Waals surface area (Å²) in [5.74, 6) is -0.107. The van der Waals surface area contributed by atoms with E-state index in [0.717, 1.165) is 11.3 Å². The van der Waals surface area contributed by atoms with E-state index in [1.165, 1.54) is 14.2 Å². The van der Waals surface area contributed by atoms with Crippen LogP contribution in [-0.4, -0.2) is 32.6 Å². The van der Waals surface area contributed by atoms with E-state index in [1.807, 2.05) is 30.3 Å². The highest BCUT2D eigenvalue weighted by atomic mass is 16.5. The summed E-state index contributed by atoms with van der Waals surface area (Å²) in [5.41, 5.74) is 2.11. The fraction of sp³-hybridized carbons (Fsp3) is 0.263. The average Bonchev–Trinajstić information content (AvgIpc) is 2.66. The lowest BCUT2D eigenvalue weighted by Crippen LogP contribution is -2.25. The number of carbonyl (C=O) groups is 2. The first kappa shape index (κ1) is 18.3. The predicted octanol–water partition coefficient (Wildman–Crippen LogP) is 2.60. The molecule has 0 spiro atoms. The second kappa shape index (κ2) is 9.32. The van der Waals surface area contributed by atoms with Crippen LogP contribution in [0.4, 0.5) is 5.69 Å². The van der Waals surface area contributed by atoms with Crippen molar-refractivity contribution in [1.29, 1.82) is 0 Å². The van der Waals surface area contributed by atoms with Gasteiger partial charge in [-0.15, -0.1) is 0 Å². The van der Waals surface area contributed by atoms with Crippen LogP contribution in [0.25, 0.3) is 0 Å². The molecule has 2 aromatic rings. The van der Waals surface area contributed by atoms with Crippen molar-refractivity contribution in [2.75, 3.05) is 26.1 Å². The molecule has 0 bridgehead atoms. The minimum atomic E-state index is -0.475. The number of hydrogen-bond acceptors (Lipinski definition) is 5. The number of amides is 1. The Morgan fingerprint density at radius 2 is 1.80 bits per heavy atom. The van der Waals surface area contributed by atoms with E-state index < -0.39 is 5.97 Å². The van der Waals surface area contributed by atoms with E-state index in [4.69, 9.17) is 9.47 Å². The number of rotatable bonds is 8. The smallest absolute Gasteiger partial charge is 0.341 e. The zero-order chi connectivity index (χ0) is 18.1. The zero-order valence-corrected chi connectivity index (χ0v) is 14.4. The molecule has 2 N–H and O–H groups in total. The number of ether oxygens (including phenoxy) is 2. The van der Waals surface area contributed by atoms with E-state index in [0.29, 0.717) is 30.8 Å². The van der Waals surface area contributed by atoms with E-state index in [9.17, 15) is 9.59 Å². The normalized spacial score (nSPS) is 10.0. The molecule has 0 aromatic heterocycles. The first-order valence-electron chi connectivity index (χ1n) is 7.95. The van der Waals surface area contributed by atoms with Gasteiger partial charge in [-0.05, 0) is 29.8 Å². The first-order valence-corrected chi connectivity index (χ1v) is 7.95. The van der Waals surface area contributed by atoms with E-state index >= 15 is 0 Å². The SMILES string of the molecule is COC(=O)c1cc(CNC(=O)CCNc2ccccc2)ccc1OC. The van der Waals surface area contributed by atoms with Gasteiger partial charge in [0.1, 0.15) is 11.3 Å². The lowest BCUT2D eigenvalue weighted by molar-refractivity contribution is -0.121. The molecule has 2 rings (SSSR count). The molecule has 0 fully saturated rings. The van der Waals surface area contributed by atoms with Gasteiger partial charge in [0.05, 0.1) is 14.2 Å². The van der Waals surface area contributed by atoms with Gasteiger partial charge in [-0.3, -0.25) is 4.79 Å². The molecule has 0 radical (unpaired) electrons. The van der Waals surface area contributed by atoms with Crippen molar-refractivity contribution < 1.29 is 19.1 Å². The molecule has 6 nitrogen and oxygen atoms in total. The number of hydrogen-bond donors (Lipinski definition) is 2. The minimum Gasteiger partial charge on any atom is -0.496 e.